The zero-order chi connectivity index (χ0) is 19.6. The number of fused-ring (bicyclic) bond motifs is 2. The average molecular weight is 382 g/mol. The molecule has 0 aromatic carbocycles. The van der Waals surface area contributed by atoms with Gasteiger partial charge in [0.05, 0.1) is 10.9 Å². The van der Waals surface area contributed by atoms with Crippen LogP contribution in [0.25, 0.3) is 11.0 Å². The van der Waals surface area contributed by atoms with E-state index in [9.17, 15) is 19.1 Å². The van der Waals surface area contributed by atoms with Crippen LogP contribution in [0.3, 0.4) is 0 Å². The van der Waals surface area contributed by atoms with Gasteiger partial charge < -0.3 is 20.3 Å². The van der Waals surface area contributed by atoms with Crippen LogP contribution in [0.4, 0.5) is 10.2 Å². The minimum Gasteiger partial charge on any atom is -0.477 e. The van der Waals surface area contributed by atoms with Crippen molar-refractivity contribution in [1.29, 1.82) is 0 Å². The summed E-state index contributed by atoms with van der Waals surface area (Å²) in [6.07, 6.45) is 10.8. The largest absolute Gasteiger partial charge is 0.477 e. The lowest BCUT2D eigenvalue weighted by Gasteiger charge is -2.26. The molecule has 5 rings (SSSR count). The molecule has 3 heterocycles. The second-order valence-corrected chi connectivity index (χ2v) is 7.82. The molecule has 2 aromatic heterocycles. The summed E-state index contributed by atoms with van der Waals surface area (Å²) in [4.78, 5) is 30.3. The number of pyridine rings is 2. The molecule has 2 aliphatic carbocycles. The zero-order valence-corrected chi connectivity index (χ0v) is 15.0. The molecule has 0 bridgehead atoms. The Bertz CT molecular complexity index is 1130. The van der Waals surface area contributed by atoms with Crippen molar-refractivity contribution in [2.75, 3.05) is 18.0 Å². The number of allylic oxidation sites excluding steroid dienone is 2. The molecule has 2 atom stereocenters. The summed E-state index contributed by atoms with van der Waals surface area (Å²) in [7, 11) is 0. The number of aromatic carboxylic acids is 1. The number of halogens is 1. The Labute approximate surface area is 159 Å². The molecule has 1 saturated carbocycles. The molecule has 7 nitrogen and oxygen atoms in total. The van der Waals surface area contributed by atoms with Crippen LogP contribution in [-0.4, -0.2) is 39.3 Å². The van der Waals surface area contributed by atoms with E-state index in [4.69, 9.17) is 5.73 Å². The number of hydrogen-bond acceptors (Lipinski definition) is 5. The second-order valence-electron chi connectivity index (χ2n) is 7.82. The van der Waals surface area contributed by atoms with Crippen LogP contribution in [0.5, 0.6) is 0 Å². The topological polar surface area (TPSA) is 101 Å². The van der Waals surface area contributed by atoms with E-state index < -0.39 is 22.8 Å². The highest BCUT2D eigenvalue weighted by atomic mass is 19.1. The van der Waals surface area contributed by atoms with Crippen LogP contribution in [0.2, 0.25) is 0 Å². The van der Waals surface area contributed by atoms with Gasteiger partial charge in [-0.1, -0.05) is 24.3 Å². The van der Waals surface area contributed by atoms with Gasteiger partial charge in [-0.25, -0.2) is 14.2 Å². The van der Waals surface area contributed by atoms with Crippen molar-refractivity contribution < 1.29 is 14.3 Å². The van der Waals surface area contributed by atoms with E-state index in [1.54, 1.807) is 9.47 Å². The van der Waals surface area contributed by atoms with E-state index in [0.29, 0.717) is 18.7 Å². The Hall–Kier alpha value is -3.00. The van der Waals surface area contributed by atoms with Crippen LogP contribution < -0.4 is 16.1 Å². The maximum absolute atomic E-state index is 15.0. The first-order chi connectivity index (χ1) is 13.4. The fourth-order valence-corrected chi connectivity index (χ4v) is 4.17. The van der Waals surface area contributed by atoms with Crippen LogP contribution >= 0.6 is 0 Å². The fraction of sp³-hybridized carbons (Fsp3) is 0.350. The van der Waals surface area contributed by atoms with Gasteiger partial charge in [-0.05, 0) is 18.9 Å². The first-order valence-corrected chi connectivity index (χ1v) is 9.26. The summed E-state index contributed by atoms with van der Waals surface area (Å²) in [5.74, 6) is -1.78. The van der Waals surface area contributed by atoms with E-state index in [1.165, 1.54) is 6.20 Å². The minimum absolute atomic E-state index is 0.00748. The van der Waals surface area contributed by atoms with Crippen LogP contribution in [0.15, 0.2) is 41.4 Å². The molecule has 2 unspecified atom stereocenters. The summed E-state index contributed by atoms with van der Waals surface area (Å²) in [6.45, 7) is 0.933. The van der Waals surface area contributed by atoms with Gasteiger partial charge in [-0.3, -0.25) is 4.79 Å². The summed E-state index contributed by atoms with van der Waals surface area (Å²) in [6, 6.07) is 1.20. The highest BCUT2D eigenvalue weighted by Gasteiger charge is 2.42. The van der Waals surface area contributed by atoms with E-state index >= 15 is 0 Å². The number of hydrogen-bond donors (Lipinski definition) is 2. The van der Waals surface area contributed by atoms with Crippen LogP contribution in [0.1, 0.15) is 29.2 Å². The quantitative estimate of drug-likeness (QED) is 0.840. The second kappa shape index (κ2) is 5.75. The first-order valence-electron chi connectivity index (χ1n) is 9.26. The smallest absolute Gasteiger partial charge is 0.341 e. The molecule has 144 valence electrons. The first kappa shape index (κ1) is 17.1. The summed E-state index contributed by atoms with van der Waals surface area (Å²) >= 11 is 0. The number of carbonyl (C=O) groups is 1. The number of rotatable bonds is 3. The molecular formula is C20H19FN4O3. The molecule has 0 spiro atoms. The van der Waals surface area contributed by atoms with Crippen molar-refractivity contribution in [3.8, 4) is 0 Å². The van der Waals surface area contributed by atoms with Gasteiger partial charge >= 0.3 is 5.97 Å². The van der Waals surface area contributed by atoms with Crippen molar-refractivity contribution in [2.24, 2.45) is 11.7 Å². The van der Waals surface area contributed by atoms with Crippen molar-refractivity contribution in [3.05, 3.63) is 58.2 Å². The molecule has 1 saturated heterocycles. The summed E-state index contributed by atoms with van der Waals surface area (Å²) in [5, 5.41) is 9.33. The van der Waals surface area contributed by atoms with E-state index in [2.05, 4.69) is 4.98 Å². The van der Waals surface area contributed by atoms with Crippen molar-refractivity contribution in [1.82, 2.24) is 9.55 Å². The standard InChI is InChI=1S/C20H19FN4O3/c21-15-7-13-16(26)14(19(27)28)9-25(12-4-5-12)17(13)23-18(15)24-8-11-3-1-2-6-20(11,22)10-24/h1-3,6-7,9,11-12H,4-5,8,10,22H2,(H,27,28). The van der Waals surface area contributed by atoms with Gasteiger partial charge in [0.2, 0.25) is 5.43 Å². The van der Waals surface area contributed by atoms with E-state index in [-0.39, 0.29) is 28.7 Å². The Morgan fingerprint density at radius 3 is 2.82 bits per heavy atom. The molecule has 0 radical (unpaired) electrons. The number of nitrogens with zero attached hydrogens (tertiary/aromatic N) is 3. The molecule has 1 aliphatic heterocycles. The fourth-order valence-electron chi connectivity index (χ4n) is 4.17. The lowest BCUT2D eigenvalue weighted by molar-refractivity contribution is 0.0695. The predicted octanol–water partition coefficient (Wildman–Crippen LogP) is 1.83. The number of carboxylic acids is 1. The summed E-state index contributed by atoms with van der Waals surface area (Å²) < 4.78 is 16.7. The molecule has 2 aromatic rings. The normalized spacial score (nSPS) is 26.1. The number of carboxylic acid groups (broad SMARTS) is 1. The monoisotopic (exact) mass is 382 g/mol. The van der Waals surface area contributed by atoms with E-state index in [0.717, 1.165) is 18.9 Å². The SMILES string of the molecule is NC12C=CC=CC1CN(c1nc3c(cc1F)c(=O)c(C(=O)O)cn3C1CC1)C2. The lowest BCUT2D eigenvalue weighted by Crippen LogP contribution is -2.46. The van der Waals surface area contributed by atoms with Gasteiger partial charge in [0.1, 0.15) is 11.2 Å². The number of aromatic nitrogens is 2. The Morgan fingerprint density at radius 2 is 2.14 bits per heavy atom. The van der Waals surface area contributed by atoms with Crippen molar-refractivity contribution >= 4 is 22.8 Å². The molecule has 3 aliphatic rings. The Kier molecular flexibility index (Phi) is 3.51. The molecule has 8 heteroatoms. The third-order valence-electron chi connectivity index (χ3n) is 5.84. The van der Waals surface area contributed by atoms with Gasteiger partial charge in [-0.15, -0.1) is 0 Å². The van der Waals surface area contributed by atoms with Crippen molar-refractivity contribution in [2.45, 2.75) is 24.4 Å². The third kappa shape index (κ3) is 2.48. The maximum atomic E-state index is 15.0. The Morgan fingerprint density at radius 1 is 1.36 bits per heavy atom. The summed E-state index contributed by atoms with van der Waals surface area (Å²) in [5.41, 5.74) is 5.13. The van der Waals surface area contributed by atoms with Crippen LogP contribution in [-0.2, 0) is 0 Å². The highest BCUT2D eigenvalue weighted by molar-refractivity contribution is 5.92. The van der Waals surface area contributed by atoms with Gasteiger partial charge in [-0.2, -0.15) is 0 Å². The van der Waals surface area contributed by atoms with Gasteiger partial charge in [0.15, 0.2) is 11.6 Å². The molecule has 3 N–H and O–H groups in total. The van der Waals surface area contributed by atoms with Gasteiger partial charge in [0.25, 0.3) is 0 Å². The maximum Gasteiger partial charge on any atom is 0.341 e. The molecule has 28 heavy (non-hydrogen) atoms. The zero-order valence-electron chi connectivity index (χ0n) is 15.0. The molecular weight excluding hydrogens is 363 g/mol. The predicted molar refractivity (Wildman–Crippen MR) is 102 cm³/mol. The highest BCUT2D eigenvalue weighted by Crippen LogP contribution is 2.38. The van der Waals surface area contributed by atoms with E-state index in [1.807, 2.05) is 24.3 Å². The lowest BCUT2D eigenvalue weighted by atomic mass is 9.85. The van der Waals surface area contributed by atoms with Crippen molar-refractivity contribution in [3.63, 3.8) is 0 Å². The number of nitrogens with two attached hydrogens (primary N) is 1. The average Bonchev–Trinajstić information content (AvgIpc) is 3.42. The molecule has 2 fully saturated rings. The number of anilines is 1. The third-order valence-corrected chi connectivity index (χ3v) is 5.84. The van der Waals surface area contributed by atoms with Crippen LogP contribution in [0, 0.1) is 11.7 Å². The van der Waals surface area contributed by atoms with Gasteiger partial charge in [0, 0.05) is 31.2 Å². The minimum atomic E-state index is -1.32. The molecule has 0 amide bonds. The Balaban J connectivity index is 1.67.